The van der Waals surface area contributed by atoms with Crippen molar-refractivity contribution in [3.63, 3.8) is 0 Å². The normalized spacial score (nSPS) is 18.2. The highest BCUT2D eigenvalue weighted by atomic mass is 35.5. The molecule has 3 nitrogen and oxygen atoms in total. The molecule has 1 unspecified atom stereocenters. The zero-order valence-electron chi connectivity index (χ0n) is 7.92. The van der Waals surface area contributed by atoms with Crippen LogP contribution >= 0.6 is 11.6 Å². The summed E-state index contributed by atoms with van der Waals surface area (Å²) in [6, 6.07) is 2.98. The van der Waals surface area contributed by atoms with Gasteiger partial charge in [-0.25, -0.2) is 4.39 Å². The molecule has 0 saturated heterocycles. The number of methoxy groups -OCH3 is 1. The summed E-state index contributed by atoms with van der Waals surface area (Å²) in [7, 11) is 1.28. The predicted molar refractivity (Wildman–Crippen MR) is 51.7 cm³/mol. The van der Waals surface area contributed by atoms with Crippen molar-refractivity contribution in [1.82, 2.24) is 0 Å². The van der Waals surface area contributed by atoms with Crippen LogP contribution in [0.1, 0.15) is 11.5 Å². The highest BCUT2D eigenvalue weighted by Crippen LogP contribution is 2.39. The molecule has 0 N–H and O–H groups in total. The number of halogens is 2. The fourth-order valence-electron chi connectivity index (χ4n) is 1.56. The summed E-state index contributed by atoms with van der Waals surface area (Å²) in [5, 5.41) is -0.0146. The van der Waals surface area contributed by atoms with E-state index < -0.39 is 17.7 Å². The standard InChI is InChI=1S/C10H8ClFO3/c1-14-10(13)6-4-15-9-5(6)2-3-7(11)8(9)12/h2-3,6H,4H2,1H3. The van der Waals surface area contributed by atoms with E-state index in [2.05, 4.69) is 4.74 Å². The molecule has 1 aliphatic rings. The second kappa shape index (κ2) is 3.70. The predicted octanol–water partition coefficient (Wildman–Crippen LogP) is 2.13. The van der Waals surface area contributed by atoms with E-state index in [0.29, 0.717) is 5.56 Å². The molecule has 0 fully saturated rings. The van der Waals surface area contributed by atoms with Gasteiger partial charge in [0.25, 0.3) is 0 Å². The summed E-state index contributed by atoms with van der Waals surface area (Å²) in [5.41, 5.74) is 0.490. The highest BCUT2D eigenvalue weighted by Gasteiger charge is 2.33. The Bertz CT molecular complexity index is 419. The zero-order chi connectivity index (χ0) is 11.0. The van der Waals surface area contributed by atoms with Gasteiger partial charge in [-0.1, -0.05) is 17.7 Å². The van der Waals surface area contributed by atoms with Crippen LogP contribution < -0.4 is 4.74 Å². The van der Waals surface area contributed by atoms with Crippen molar-refractivity contribution in [3.8, 4) is 5.75 Å². The lowest BCUT2D eigenvalue weighted by Crippen LogP contribution is -2.15. The molecule has 0 amide bonds. The minimum absolute atomic E-state index is 0.0146. The molecule has 0 aliphatic carbocycles. The smallest absolute Gasteiger partial charge is 0.316 e. The van der Waals surface area contributed by atoms with Gasteiger partial charge in [-0.2, -0.15) is 0 Å². The lowest BCUT2D eigenvalue weighted by molar-refractivity contribution is -0.142. The van der Waals surface area contributed by atoms with Crippen LogP contribution in [0.25, 0.3) is 0 Å². The average Bonchev–Trinajstić information content (AvgIpc) is 2.66. The minimum Gasteiger partial charge on any atom is -0.489 e. The molecule has 0 radical (unpaired) electrons. The van der Waals surface area contributed by atoms with Crippen LogP contribution in [0.5, 0.6) is 5.75 Å². The van der Waals surface area contributed by atoms with Gasteiger partial charge in [0.05, 0.1) is 12.1 Å². The molecular formula is C10H8ClFO3. The Kier molecular flexibility index (Phi) is 2.52. The van der Waals surface area contributed by atoms with Crippen LogP contribution in [0.2, 0.25) is 5.02 Å². The van der Waals surface area contributed by atoms with Gasteiger partial charge in [0.1, 0.15) is 12.5 Å². The summed E-state index contributed by atoms with van der Waals surface area (Å²) in [6.45, 7) is 0.0965. The number of rotatable bonds is 1. The molecule has 0 bridgehead atoms. The topological polar surface area (TPSA) is 35.5 Å². The van der Waals surface area contributed by atoms with Crippen molar-refractivity contribution in [3.05, 3.63) is 28.5 Å². The van der Waals surface area contributed by atoms with E-state index in [1.807, 2.05) is 0 Å². The number of carbonyl (C=O) groups is 1. The lowest BCUT2D eigenvalue weighted by atomic mass is 10.0. The number of fused-ring (bicyclic) bond motifs is 1. The molecule has 0 saturated carbocycles. The van der Waals surface area contributed by atoms with Gasteiger partial charge >= 0.3 is 5.97 Å². The van der Waals surface area contributed by atoms with Crippen LogP contribution in [0, 0.1) is 5.82 Å². The Balaban J connectivity index is 2.44. The quantitative estimate of drug-likeness (QED) is 0.694. The molecule has 5 heteroatoms. The molecule has 80 valence electrons. The maximum absolute atomic E-state index is 13.4. The number of hydrogen-bond donors (Lipinski definition) is 0. The van der Waals surface area contributed by atoms with E-state index in [0.717, 1.165) is 0 Å². The molecule has 1 aliphatic heterocycles. The largest absolute Gasteiger partial charge is 0.489 e. The number of benzene rings is 1. The van der Waals surface area contributed by atoms with Gasteiger partial charge in [0.2, 0.25) is 0 Å². The van der Waals surface area contributed by atoms with Crippen molar-refractivity contribution in [2.75, 3.05) is 13.7 Å². The Morgan fingerprint density at radius 1 is 1.67 bits per heavy atom. The summed E-state index contributed by atoms with van der Waals surface area (Å²) in [5.74, 6) is -1.56. The summed E-state index contributed by atoms with van der Waals surface area (Å²) in [6.07, 6.45) is 0. The first-order chi connectivity index (χ1) is 7.15. The van der Waals surface area contributed by atoms with E-state index in [1.54, 1.807) is 6.07 Å². The molecule has 0 spiro atoms. The summed E-state index contributed by atoms with van der Waals surface area (Å²) >= 11 is 5.58. The van der Waals surface area contributed by atoms with Gasteiger partial charge in [-0.3, -0.25) is 4.79 Å². The average molecular weight is 231 g/mol. The number of esters is 1. The van der Waals surface area contributed by atoms with E-state index in [-0.39, 0.29) is 17.4 Å². The monoisotopic (exact) mass is 230 g/mol. The molecule has 15 heavy (non-hydrogen) atoms. The third-order valence-electron chi connectivity index (χ3n) is 2.34. The van der Waals surface area contributed by atoms with E-state index in [4.69, 9.17) is 16.3 Å². The third kappa shape index (κ3) is 1.55. The maximum Gasteiger partial charge on any atom is 0.316 e. The van der Waals surface area contributed by atoms with E-state index in [9.17, 15) is 9.18 Å². The summed E-state index contributed by atoms with van der Waals surface area (Å²) < 4.78 is 23.1. The summed E-state index contributed by atoms with van der Waals surface area (Å²) in [4.78, 5) is 11.3. The Morgan fingerprint density at radius 2 is 2.40 bits per heavy atom. The van der Waals surface area contributed by atoms with Crippen molar-refractivity contribution < 1.29 is 18.7 Å². The van der Waals surface area contributed by atoms with Crippen molar-refractivity contribution in [1.29, 1.82) is 0 Å². The zero-order valence-corrected chi connectivity index (χ0v) is 8.68. The number of carbonyl (C=O) groups excluding carboxylic acids is 1. The first kappa shape index (κ1) is 10.2. The molecule has 1 atom stereocenters. The fourth-order valence-corrected chi connectivity index (χ4v) is 1.71. The van der Waals surface area contributed by atoms with Gasteiger partial charge in [0.15, 0.2) is 11.6 Å². The van der Waals surface area contributed by atoms with Gasteiger partial charge in [-0.15, -0.1) is 0 Å². The molecular weight excluding hydrogens is 223 g/mol. The molecule has 2 rings (SSSR count). The van der Waals surface area contributed by atoms with Crippen LogP contribution in [0.15, 0.2) is 12.1 Å². The van der Waals surface area contributed by atoms with Crippen LogP contribution in [-0.4, -0.2) is 19.7 Å². The van der Waals surface area contributed by atoms with Crippen LogP contribution in [0.3, 0.4) is 0 Å². The fraction of sp³-hybridized carbons (Fsp3) is 0.300. The number of hydrogen-bond acceptors (Lipinski definition) is 3. The van der Waals surface area contributed by atoms with E-state index >= 15 is 0 Å². The Morgan fingerprint density at radius 3 is 3.07 bits per heavy atom. The van der Waals surface area contributed by atoms with Crippen LogP contribution in [0.4, 0.5) is 4.39 Å². The van der Waals surface area contributed by atoms with Crippen molar-refractivity contribution in [2.24, 2.45) is 0 Å². The molecule has 1 aromatic carbocycles. The van der Waals surface area contributed by atoms with Gasteiger partial charge < -0.3 is 9.47 Å². The third-order valence-corrected chi connectivity index (χ3v) is 2.63. The minimum atomic E-state index is -0.624. The van der Waals surface area contributed by atoms with Crippen molar-refractivity contribution in [2.45, 2.75) is 5.92 Å². The SMILES string of the molecule is COC(=O)C1COc2c1ccc(Cl)c2F. The number of ether oxygens (including phenoxy) is 2. The van der Waals surface area contributed by atoms with E-state index in [1.165, 1.54) is 13.2 Å². The molecule has 1 aromatic rings. The molecule has 1 heterocycles. The Hall–Kier alpha value is -1.29. The van der Waals surface area contributed by atoms with Gasteiger partial charge in [-0.05, 0) is 6.07 Å². The first-order valence-electron chi connectivity index (χ1n) is 4.33. The Labute approximate surface area is 90.7 Å². The highest BCUT2D eigenvalue weighted by molar-refractivity contribution is 6.30. The first-order valence-corrected chi connectivity index (χ1v) is 4.71. The second-order valence-electron chi connectivity index (χ2n) is 3.17. The maximum atomic E-state index is 13.4. The van der Waals surface area contributed by atoms with Gasteiger partial charge in [0, 0.05) is 5.56 Å². The lowest BCUT2D eigenvalue weighted by Gasteiger charge is -2.05. The van der Waals surface area contributed by atoms with Crippen LogP contribution in [-0.2, 0) is 9.53 Å². The molecule has 0 aromatic heterocycles. The van der Waals surface area contributed by atoms with Crippen molar-refractivity contribution >= 4 is 17.6 Å². The second-order valence-corrected chi connectivity index (χ2v) is 3.57.